The summed E-state index contributed by atoms with van der Waals surface area (Å²) in [7, 11) is 0. The predicted octanol–water partition coefficient (Wildman–Crippen LogP) is 0.514. The molecule has 0 aliphatic heterocycles. The van der Waals surface area contributed by atoms with Crippen molar-refractivity contribution >= 4 is 5.84 Å². The first-order valence-corrected chi connectivity index (χ1v) is 4.40. The number of rotatable bonds is 6. The zero-order valence-corrected chi connectivity index (χ0v) is 7.95. The molecule has 0 spiro atoms. The summed E-state index contributed by atoms with van der Waals surface area (Å²) >= 11 is 0. The zero-order valence-electron chi connectivity index (χ0n) is 7.95. The van der Waals surface area contributed by atoms with Gasteiger partial charge in [0.15, 0.2) is 0 Å². The van der Waals surface area contributed by atoms with Crippen molar-refractivity contribution in [3.05, 3.63) is 0 Å². The fourth-order valence-electron chi connectivity index (χ4n) is 0.957. The Labute approximate surface area is 79.2 Å². The molecule has 0 fully saturated rings. The molecule has 0 saturated carbocycles. The van der Waals surface area contributed by atoms with Crippen LogP contribution in [0.2, 0.25) is 0 Å². The smallest absolute Gasteiger partial charge is 0.140 e. The highest BCUT2D eigenvalue weighted by Crippen LogP contribution is 1.94. The fourth-order valence-corrected chi connectivity index (χ4v) is 0.957. The van der Waals surface area contributed by atoms with E-state index >= 15 is 0 Å². The van der Waals surface area contributed by atoms with E-state index in [1.165, 1.54) is 0 Å². The third kappa shape index (κ3) is 6.00. The van der Waals surface area contributed by atoms with Crippen molar-refractivity contribution in [2.24, 2.45) is 10.9 Å². The van der Waals surface area contributed by atoms with E-state index in [2.05, 4.69) is 23.3 Å². The van der Waals surface area contributed by atoms with Crippen LogP contribution < -0.4 is 11.1 Å². The summed E-state index contributed by atoms with van der Waals surface area (Å²) in [6.07, 6.45) is 7.80. The average molecular weight is 183 g/mol. The van der Waals surface area contributed by atoms with E-state index in [1.807, 2.05) is 0 Å². The molecule has 0 heterocycles. The van der Waals surface area contributed by atoms with E-state index in [9.17, 15) is 0 Å². The van der Waals surface area contributed by atoms with E-state index in [0.717, 1.165) is 12.8 Å². The molecule has 74 valence electrons. The van der Waals surface area contributed by atoms with E-state index in [0.29, 0.717) is 13.0 Å². The third-order valence-corrected chi connectivity index (χ3v) is 1.68. The van der Waals surface area contributed by atoms with Crippen molar-refractivity contribution in [2.45, 2.75) is 32.2 Å². The van der Waals surface area contributed by atoms with E-state index in [-0.39, 0.29) is 11.9 Å². The number of nitrogens with two attached hydrogens (primary N) is 1. The minimum atomic E-state index is 0.0940. The van der Waals surface area contributed by atoms with Crippen molar-refractivity contribution in [3.63, 3.8) is 0 Å². The molecular formula is C9H17N3O. The Bertz CT molecular complexity index is 196. The molecule has 4 N–H and O–H groups in total. The van der Waals surface area contributed by atoms with Crippen LogP contribution in [0, 0.1) is 12.3 Å². The highest BCUT2D eigenvalue weighted by Gasteiger charge is 2.01. The SMILES string of the molecule is C#CC(CCC)NCCC(N)=NO. The van der Waals surface area contributed by atoms with Crippen molar-refractivity contribution in [1.82, 2.24) is 5.32 Å². The van der Waals surface area contributed by atoms with Crippen LogP contribution in [0.25, 0.3) is 0 Å². The lowest BCUT2D eigenvalue weighted by Crippen LogP contribution is -2.30. The number of nitrogens with one attached hydrogen (secondary N) is 1. The first kappa shape index (κ1) is 11.8. The number of terminal acetylenes is 1. The van der Waals surface area contributed by atoms with Crippen molar-refractivity contribution in [3.8, 4) is 12.3 Å². The number of amidine groups is 1. The van der Waals surface area contributed by atoms with Crippen molar-refractivity contribution < 1.29 is 5.21 Å². The molecule has 1 atom stereocenters. The van der Waals surface area contributed by atoms with Crippen LogP contribution in [-0.4, -0.2) is 23.6 Å². The summed E-state index contributed by atoms with van der Waals surface area (Å²) in [5.74, 6) is 2.86. The van der Waals surface area contributed by atoms with Gasteiger partial charge in [-0.05, 0) is 6.42 Å². The molecule has 0 aliphatic carbocycles. The van der Waals surface area contributed by atoms with Gasteiger partial charge in [0.1, 0.15) is 5.84 Å². The molecule has 0 saturated heterocycles. The Kier molecular flexibility index (Phi) is 6.75. The normalized spacial score (nSPS) is 13.7. The molecule has 1 unspecified atom stereocenters. The van der Waals surface area contributed by atoms with Crippen LogP contribution in [0.3, 0.4) is 0 Å². The highest BCUT2D eigenvalue weighted by atomic mass is 16.4. The minimum Gasteiger partial charge on any atom is -0.409 e. The summed E-state index contributed by atoms with van der Waals surface area (Å²) in [5.41, 5.74) is 5.28. The van der Waals surface area contributed by atoms with Crippen LogP contribution in [0.4, 0.5) is 0 Å². The summed E-state index contributed by atoms with van der Waals surface area (Å²) < 4.78 is 0. The second kappa shape index (κ2) is 7.44. The van der Waals surface area contributed by atoms with Gasteiger partial charge in [-0.25, -0.2) is 0 Å². The Morgan fingerprint density at radius 3 is 2.92 bits per heavy atom. The van der Waals surface area contributed by atoms with Gasteiger partial charge >= 0.3 is 0 Å². The Hall–Kier alpha value is -1.21. The topological polar surface area (TPSA) is 70.6 Å². The number of nitrogens with zero attached hydrogens (tertiary/aromatic N) is 1. The van der Waals surface area contributed by atoms with Crippen LogP contribution in [0.1, 0.15) is 26.2 Å². The first-order valence-electron chi connectivity index (χ1n) is 4.40. The Balaban J connectivity index is 3.56. The second-order valence-electron chi connectivity index (χ2n) is 2.80. The first-order chi connectivity index (χ1) is 6.24. The van der Waals surface area contributed by atoms with Gasteiger partial charge in [-0.3, -0.25) is 0 Å². The maximum Gasteiger partial charge on any atom is 0.140 e. The van der Waals surface area contributed by atoms with Gasteiger partial charge < -0.3 is 16.3 Å². The van der Waals surface area contributed by atoms with Gasteiger partial charge in [0.05, 0.1) is 6.04 Å². The predicted molar refractivity (Wildman–Crippen MR) is 53.6 cm³/mol. The molecule has 13 heavy (non-hydrogen) atoms. The molecule has 0 aliphatic rings. The number of oxime groups is 1. The molecule has 0 bridgehead atoms. The van der Waals surface area contributed by atoms with Crippen molar-refractivity contribution in [2.75, 3.05) is 6.54 Å². The molecule has 0 aromatic rings. The highest BCUT2D eigenvalue weighted by molar-refractivity contribution is 5.79. The van der Waals surface area contributed by atoms with Crippen molar-refractivity contribution in [1.29, 1.82) is 0 Å². The van der Waals surface area contributed by atoms with Gasteiger partial charge in [0.25, 0.3) is 0 Å². The molecule has 0 aromatic carbocycles. The molecule has 0 rings (SSSR count). The van der Waals surface area contributed by atoms with Crippen LogP contribution in [-0.2, 0) is 0 Å². The van der Waals surface area contributed by atoms with Crippen LogP contribution in [0.5, 0.6) is 0 Å². The second-order valence-corrected chi connectivity index (χ2v) is 2.80. The number of hydrogen-bond acceptors (Lipinski definition) is 3. The van der Waals surface area contributed by atoms with Gasteiger partial charge in [0, 0.05) is 13.0 Å². The van der Waals surface area contributed by atoms with E-state index in [4.69, 9.17) is 17.4 Å². The Morgan fingerprint density at radius 1 is 1.77 bits per heavy atom. The molecule has 0 aromatic heterocycles. The standard InChI is InChI=1S/C9H17N3O/c1-3-5-8(4-2)11-7-6-9(10)12-13/h2,8,11,13H,3,5-7H2,1H3,(H2,10,12). The molecule has 4 nitrogen and oxygen atoms in total. The Morgan fingerprint density at radius 2 is 2.46 bits per heavy atom. The monoisotopic (exact) mass is 183 g/mol. The summed E-state index contributed by atoms with van der Waals surface area (Å²) in [4.78, 5) is 0. The summed E-state index contributed by atoms with van der Waals surface area (Å²) in [6, 6.07) is 0.0940. The maximum atomic E-state index is 8.26. The van der Waals surface area contributed by atoms with E-state index in [1.54, 1.807) is 0 Å². The average Bonchev–Trinajstić information content (AvgIpc) is 2.16. The molecule has 0 radical (unpaired) electrons. The number of hydrogen-bond donors (Lipinski definition) is 3. The fraction of sp³-hybridized carbons (Fsp3) is 0.667. The van der Waals surface area contributed by atoms with Gasteiger partial charge in [-0.1, -0.05) is 24.4 Å². The summed E-state index contributed by atoms with van der Waals surface area (Å²) in [5, 5.41) is 14.2. The molecule has 0 amide bonds. The van der Waals surface area contributed by atoms with Gasteiger partial charge in [-0.2, -0.15) is 0 Å². The molecule has 4 heteroatoms. The van der Waals surface area contributed by atoms with E-state index < -0.39 is 0 Å². The van der Waals surface area contributed by atoms with Gasteiger partial charge in [-0.15, -0.1) is 6.42 Å². The minimum absolute atomic E-state index is 0.0940. The lowest BCUT2D eigenvalue weighted by molar-refractivity contribution is 0.316. The quantitative estimate of drug-likeness (QED) is 0.185. The lowest BCUT2D eigenvalue weighted by atomic mass is 10.2. The maximum absolute atomic E-state index is 8.26. The lowest BCUT2D eigenvalue weighted by Gasteiger charge is -2.10. The third-order valence-electron chi connectivity index (χ3n) is 1.68. The molecular weight excluding hydrogens is 166 g/mol. The van der Waals surface area contributed by atoms with Crippen LogP contribution >= 0.6 is 0 Å². The van der Waals surface area contributed by atoms with Crippen LogP contribution in [0.15, 0.2) is 5.16 Å². The largest absolute Gasteiger partial charge is 0.409 e. The zero-order chi connectivity index (χ0) is 10.1. The summed E-state index contributed by atoms with van der Waals surface area (Å²) in [6.45, 7) is 2.72. The van der Waals surface area contributed by atoms with Gasteiger partial charge in [0.2, 0.25) is 0 Å².